The maximum absolute atomic E-state index is 13.8. The van der Waals surface area contributed by atoms with Crippen LogP contribution in [-0.4, -0.2) is 13.2 Å². The lowest BCUT2D eigenvalue weighted by Gasteiger charge is -2.23. The summed E-state index contributed by atoms with van der Waals surface area (Å²) < 4.78 is 19.3. The molecule has 2 N–H and O–H groups in total. The number of rotatable bonds is 5. The smallest absolute Gasteiger partial charge is 0.127 e. The Labute approximate surface area is 123 Å². The molecule has 0 saturated heterocycles. The first-order chi connectivity index (χ1) is 9.61. The molecule has 0 aromatic heterocycles. The molecule has 0 fully saturated rings. The molecule has 20 heavy (non-hydrogen) atoms. The van der Waals surface area contributed by atoms with Crippen LogP contribution in [0.25, 0.3) is 0 Å². The van der Waals surface area contributed by atoms with E-state index in [1.807, 2.05) is 30.3 Å². The predicted molar refractivity (Wildman–Crippen MR) is 79.3 cm³/mol. The zero-order chi connectivity index (χ0) is 14.5. The molecule has 0 saturated carbocycles. The van der Waals surface area contributed by atoms with Gasteiger partial charge in [-0.1, -0.05) is 48.0 Å². The Bertz CT molecular complexity index is 562. The van der Waals surface area contributed by atoms with E-state index >= 15 is 0 Å². The molecular formula is C16H17ClFNO. The van der Waals surface area contributed by atoms with Crippen molar-refractivity contribution in [2.45, 2.75) is 18.6 Å². The van der Waals surface area contributed by atoms with Crippen LogP contribution >= 0.6 is 11.6 Å². The molecule has 2 atom stereocenters. The van der Waals surface area contributed by atoms with Gasteiger partial charge in [-0.05, 0) is 29.7 Å². The highest BCUT2D eigenvalue weighted by Gasteiger charge is 2.20. The highest BCUT2D eigenvalue weighted by molar-refractivity contribution is 6.30. The lowest BCUT2D eigenvalue weighted by atomic mass is 9.96. The standard InChI is InChI=1S/C16H17ClFNO/c1-20-16(11-5-3-2-4-6-11)15(19)9-12-7-8-13(17)10-14(12)18/h2-8,10,15-16H,9,19H2,1H3. The molecule has 0 spiro atoms. The number of benzene rings is 2. The van der Waals surface area contributed by atoms with Crippen molar-refractivity contribution in [3.8, 4) is 0 Å². The third-order valence-corrected chi connectivity index (χ3v) is 3.48. The molecule has 0 amide bonds. The van der Waals surface area contributed by atoms with Gasteiger partial charge in [0.2, 0.25) is 0 Å². The predicted octanol–water partition coefficient (Wildman–Crippen LogP) is 3.74. The molecule has 2 aromatic carbocycles. The summed E-state index contributed by atoms with van der Waals surface area (Å²) in [5.74, 6) is -0.337. The summed E-state index contributed by atoms with van der Waals surface area (Å²) in [6.45, 7) is 0. The second-order valence-corrected chi connectivity index (χ2v) is 5.11. The average molecular weight is 294 g/mol. The summed E-state index contributed by atoms with van der Waals surface area (Å²) in [5, 5.41) is 0.381. The van der Waals surface area contributed by atoms with E-state index in [4.69, 9.17) is 22.1 Å². The Hall–Kier alpha value is -1.42. The van der Waals surface area contributed by atoms with E-state index in [1.165, 1.54) is 6.07 Å². The SMILES string of the molecule is COC(c1ccccc1)C(N)Cc1ccc(Cl)cc1F. The Kier molecular flexibility index (Phi) is 5.12. The molecule has 106 valence electrons. The van der Waals surface area contributed by atoms with Crippen LogP contribution in [0.2, 0.25) is 5.02 Å². The van der Waals surface area contributed by atoms with Crippen molar-refractivity contribution in [1.82, 2.24) is 0 Å². The second kappa shape index (κ2) is 6.84. The van der Waals surface area contributed by atoms with E-state index < -0.39 is 0 Å². The number of nitrogens with two attached hydrogens (primary N) is 1. The first-order valence-corrected chi connectivity index (χ1v) is 6.77. The van der Waals surface area contributed by atoms with E-state index in [-0.39, 0.29) is 18.0 Å². The molecule has 0 aliphatic rings. The summed E-state index contributed by atoms with van der Waals surface area (Å²) in [7, 11) is 1.61. The number of halogens is 2. The van der Waals surface area contributed by atoms with Gasteiger partial charge in [0, 0.05) is 18.2 Å². The van der Waals surface area contributed by atoms with Crippen LogP contribution in [-0.2, 0) is 11.2 Å². The van der Waals surface area contributed by atoms with Crippen LogP contribution in [0.15, 0.2) is 48.5 Å². The maximum Gasteiger partial charge on any atom is 0.127 e. The Morgan fingerprint density at radius 3 is 2.50 bits per heavy atom. The molecule has 4 heteroatoms. The molecule has 2 aromatic rings. The van der Waals surface area contributed by atoms with Gasteiger partial charge < -0.3 is 10.5 Å². The maximum atomic E-state index is 13.8. The molecule has 0 radical (unpaired) electrons. The van der Waals surface area contributed by atoms with E-state index in [1.54, 1.807) is 19.2 Å². The fourth-order valence-electron chi connectivity index (χ4n) is 2.25. The van der Waals surface area contributed by atoms with Gasteiger partial charge in [-0.2, -0.15) is 0 Å². The van der Waals surface area contributed by atoms with Gasteiger partial charge in [0.05, 0.1) is 6.10 Å². The zero-order valence-corrected chi connectivity index (χ0v) is 12.0. The van der Waals surface area contributed by atoms with Crippen LogP contribution in [0.1, 0.15) is 17.2 Å². The summed E-state index contributed by atoms with van der Waals surface area (Å²) in [5.41, 5.74) is 7.70. The summed E-state index contributed by atoms with van der Waals surface area (Å²) in [4.78, 5) is 0. The Morgan fingerprint density at radius 2 is 1.90 bits per heavy atom. The van der Waals surface area contributed by atoms with E-state index in [0.717, 1.165) is 5.56 Å². The van der Waals surface area contributed by atoms with Crippen LogP contribution in [0.3, 0.4) is 0 Å². The van der Waals surface area contributed by atoms with Crippen molar-refractivity contribution < 1.29 is 9.13 Å². The molecule has 0 aliphatic heterocycles. The van der Waals surface area contributed by atoms with Gasteiger partial charge in [-0.15, -0.1) is 0 Å². The molecular weight excluding hydrogens is 277 g/mol. The van der Waals surface area contributed by atoms with Crippen molar-refractivity contribution in [3.05, 3.63) is 70.5 Å². The van der Waals surface area contributed by atoms with Gasteiger partial charge in [0.1, 0.15) is 5.82 Å². The third kappa shape index (κ3) is 3.57. The van der Waals surface area contributed by atoms with Crippen LogP contribution in [0.5, 0.6) is 0 Å². The van der Waals surface area contributed by atoms with E-state index in [2.05, 4.69) is 0 Å². The van der Waals surface area contributed by atoms with Gasteiger partial charge >= 0.3 is 0 Å². The number of methoxy groups -OCH3 is 1. The Morgan fingerprint density at radius 1 is 1.20 bits per heavy atom. The first kappa shape index (κ1) is 15.0. The molecule has 0 aliphatic carbocycles. The van der Waals surface area contributed by atoms with Crippen molar-refractivity contribution >= 4 is 11.6 Å². The van der Waals surface area contributed by atoms with Crippen molar-refractivity contribution in [2.75, 3.05) is 7.11 Å². The monoisotopic (exact) mass is 293 g/mol. The second-order valence-electron chi connectivity index (χ2n) is 4.67. The molecule has 2 nitrogen and oxygen atoms in total. The first-order valence-electron chi connectivity index (χ1n) is 6.39. The largest absolute Gasteiger partial charge is 0.375 e. The highest BCUT2D eigenvalue weighted by atomic mass is 35.5. The number of ether oxygens (including phenoxy) is 1. The fraction of sp³-hybridized carbons (Fsp3) is 0.250. The fourth-order valence-corrected chi connectivity index (χ4v) is 2.41. The van der Waals surface area contributed by atoms with E-state index in [9.17, 15) is 4.39 Å². The minimum absolute atomic E-state index is 0.272. The van der Waals surface area contributed by atoms with Crippen molar-refractivity contribution in [1.29, 1.82) is 0 Å². The lowest BCUT2D eigenvalue weighted by molar-refractivity contribution is 0.0800. The molecule has 0 heterocycles. The lowest BCUT2D eigenvalue weighted by Crippen LogP contribution is -2.32. The highest BCUT2D eigenvalue weighted by Crippen LogP contribution is 2.23. The van der Waals surface area contributed by atoms with Gasteiger partial charge in [0.25, 0.3) is 0 Å². The topological polar surface area (TPSA) is 35.2 Å². The normalized spacial score (nSPS) is 14.0. The zero-order valence-electron chi connectivity index (χ0n) is 11.2. The van der Waals surface area contributed by atoms with Gasteiger partial charge in [-0.3, -0.25) is 0 Å². The van der Waals surface area contributed by atoms with Crippen LogP contribution in [0, 0.1) is 5.82 Å². The van der Waals surface area contributed by atoms with E-state index in [0.29, 0.717) is 17.0 Å². The van der Waals surface area contributed by atoms with Gasteiger partial charge in [0.15, 0.2) is 0 Å². The third-order valence-electron chi connectivity index (χ3n) is 3.24. The molecule has 2 unspecified atom stereocenters. The number of hydrogen-bond acceptors (Lipinski definition) is 2. The minimum Gasteiger partial charge on any atom is -0.375 e. The average Bonchev–Trinajstić information content (AvgIpc) is 2.44. The summed E-state index contributed by atoms with van der Waals surface area (Å²) in [6.07, 6.45) is 0.113. The minimum atomic E-state index is -0.337. The van der Waals surface area contributed by atoms with Crippen LogP contribution < -0.4 is 5.73 Å². The van der Waals surface area contributed by atoms with Crippen molar-refractivity contribution in [3.63, 3.8) is 0 Å². The summed E-state index contributed by atoms with van der Waals surface area (Å²) >= 11 is 5.74. The molecule has 2 rings (SSSR count). The van der Waals surface area contributed by atoms with Crippen LogP contribution in [0.4, 0.5) is 4.39 Å². The van der Waals surface area contributed by atoms with Crippen molar-refractivity contribution in [2.24, 2.45) is 5.73 Å². The Balaban J connectivity index is 2.15. The quantitative estimate of drug-likeness (QED) is 0.911. The number of hydrogen-bond donors (Lipinski definition) is 1. The molecule has 0 bridgehead atoms. The summed E-state index contributed by atoms with van der Waals surface area (Å²) in [6, 6.07) is 14.0. The van der Waals surface area contributed by atoms with Gasteiger partial charge in [-0.25, -0.2) is 4.39 Å².